The largest absolute Gasteiger partial charge is 0.497 e. The van der Waals surface area contributed by atoms with Crippen LogP contribution < -0.4 is 9.47 Å². The summed E-state index contributed by atoms with van der Waals surface area (Å²) in [5.41, 5.74) is 3.16. The maximum atomic E-state index is 12.0. The standard InChI is InChI=1S/C20H19NO4/c1-13-10-15(6-9-18(13)24-3)11-17-20(22)25-19(21-17)12-14-4-7-16(23-2)8-5-14/h4-11H,12H2,1-3H3/b17-11+. The second-order valence-corrected chi connectivity index (χ2v) is 5.68. The van der Waals surface area contributed by atoms with Gasteiger partial charge in [0.1, 0.15) is 11.5 Å². The predicted octanol–water partition coefficient (Wildman–Crippen LogP) is 3.55. The molecule has 0 radical (unpaired) electrons. The summed E-state index contributed by atoms with van der Waals surface area (Å²) in [6.45, 7) is 1.95. The lowest BCUT2D eigenvalue weighted by Gasteiger charge is -2.04. The zero-order chi connectivity index (χ0) is 17.8. The molecule has 5 heteroatoms. The van der Waals surface area contributed by atoms with Crippen molar-refractivity contribution in [3.05, 3.63) is 64.9 Å². The van der Waals surface area contributed by atoms with Crippen LogP contribution in [0.25, 0.3) is 6.08 Å². The van der Waals surface area contributed by atoms with Gasteiger partial charge in [0.05, 0.1) is 14.2 Å². The van der Waals surface area contributed by atoms with Crippen molar-refractivity contribution in [2.75, 3.05) is 14.2 Å². The number of nitrogens with zero attached hydrogens (tertiary/aromatic N) is 1. The number of aryl methyl sites for hydroxylation is 1. The van der Waals surface area contributed by atoms with Crippen LogP contribution in [-0.4, -0.2) is 26.1 Å². The lowest BCUT2D eigenvalue weighted by Crippen LogP contribution is -2.06. The highest BCUT2D eigenvalue weighted by atomic mass is 16.6. The monoisotopic (exact) mass is 337 g/mol. The van der Waals surface area contributed by atoms with Gasteiger partial charge >= 0.3 is 5.97 Å². The highest BCUT2D eigenvalue weighted by Crippen LogP contribution is 2.22. The van der Waals surface area contributed by atoms with Gasteiger partial charge in [-0.1, -0.05) is 18.2 Å². The van der Waals surface area contributed by atoms with Gasteiger partial charge in [-0.2, -0.15) is 0 Å². The van der Waals surface area contributed by atoms with E-state index in [1.807, 2.05) is 49.4 Å². The molecule has 2 aromatic rings. The van der Waals surface area contributed by atoms with Crippen molar-refractivity contribution < 1.29 is 19.0 Å². The molecule has 0 saturated heterocycles. The van der Waals surface area contributed by atoms with E-state index >= 15 is 0 Å². The van der Waals surface area contributed by atoms with Gasteiger partial charge in [-0.3, -0.25) is 0 Å². The first-order valence-electron chi connectivity index (χ1n) is 7.88. The summed E-state index contributed by atoms with van der Waals surface area (Å²) in [5.74, 6) is 1.55. The number of hydrogen-bond acceptors (Lipinski definition) is 5. The fourth-order valence-electron chi connectivity index (χ4n) is 2.60. The maximum Gasteiger partial charge on any atom is 0.363 e. The molecule has 128 valence electrons. The van der Waals surface area contributed by atoms with Crippen molar-refractivity contribution in [2.45, 2.75) is 13.3 Å². The Hall–Kier alpha value is -3.08. The molecule has 0 spiro atoms. The number of rotatable bonds is 5. The summed E-state index contributed by atoms with van der Waals surface area (Å²) in [7, 11) is 3.25. The molecule has 2 aromatic carbocycles. The van der Waals surface area contributed by atoms with Gasteiger partial charge in [0.25, 0.3) is 0 Å². The molecule has 0 N–H and O–H groups in total. The van der Waals surface area contributed by atoms with Gasteiger partial charge in [0.2, 0.25) is 5.90 Å². The molecule has 0 bridgehead atoms. The fraction of sp³-hybridized carbons (Fsp3) is 0.200. The van der Waals surface area contributed by atoms with Crippen LogP contribution in [0.5, 0.6) is 11.5 Å². The summed E-state index contributed by atoms with van der Waals surface area (Å²) >= 11 is 0. The Bertz CT molecular complexity index is 850. The number of hydrogen-bond donors (Lipinski definition) is 0. The van der Waals surface area contributed by atoms with Crippen LogP contribution in [0.15, 0.2) is 53.2 Å². The van der Waals surface area contributed by atoms with Crippen LogP contribution in [0.4, 0.5) is 0 Å². The van der Waals surface area contributed by atoms with E-state index in [0.717, 1.165) is 28.2 Å². The van der Waals surface area contributed by atoms with Gasteiger partial charge in [-0.15, -0.1) is 0 Å². The first kappa shape index (κ1) is 16.8. The molecule has 0 saturated carbocycles. The zero-order valence-electron chi connectivity index (χ0n) is 14.4. The molecule has 0 atom stereocenters. The third-order valence-electron chi connectivity index (χ3n) is 3.90. The molecule has 5 nitrogen and oxygen atoms in total. The number of carbonyl (C=O) groups excluding carboxylic acids is 1. The minimum absolute atomic E-state index is 0.299. The van der Waals surface area contributed by atoms with Gasteiger partial charge in [0.15, 0.2) is 5.70 Å². The smallest absolute Gasteiger partial charge is 0.363 e. The normalized spacial score (nSPS) is 15.1. The lowest BCUT2D eigenvalue weighted by molar-refractivity contribution is -0.130. The van der Waals surface area contributed by atoms with Crippen molar-refractivity contribution in [3.8, 4) is 11.5 Å². The number of ether oxygens (including phenoxy) is 3. The fourth-order valence-corrected chi connectivity index (χ4v) is 2.60. The molecule has 0 fully saturated rings. The quantitative estimate of drug-likeness (QED) is 0.618. The number of methoxy groups -OCH3 is 2. The van der Waals surface area contributed by atoms with Crippen LogP contribution in [0.1, 0.15) is 16.7 Å². The van der Waals surface area contributed by atoms with Gasteiger partial charge in [-0.25, -0.2) is 9.79 Å². The molecule has 25 heavy (non-hydrogen) atoms. The Balaban J connectivity index is 1.78. The van der Waals surface area contributed by atoms with Gasteiger partial charge < -0.3 is 14.2 Å². The highest BCUT2D eigenvalue weighted by molar-refractivity contribution is 6.07. The number of aliphatic imine (C=N–C) groups is 1. The Morgan fingerprint density at radius 1 is 1.08 bits per heavy atom. The molecular formula is C20H19NO4. The zero-order valence-corrected chi connectivity index (χ0v) is 14.4. The maximum absolute atomic E-state index is 12.0. The minimum atomic E-state index is -0.433. The topological polar surface area (TPSA) is 57.1 Å². The molecule has 3 rings (SSSR count). The Kier molecular flexibility index (Phi) is 4.84. The van der Waals surface area contributed by atoms with E-state index in [9.17, 15) is 4.79 Å². The van der Waals surface area contributed by atoms with E-state index in [4.69, 9.17) is 14.2 Å². The first-order chi connectivity index (χ1) is 12.1. The predicted molar refractivity (Wildman–Crippen MR) is 95.9 cm³/mol. The average molecular weight is 337 g/mol. The summed E-state index contributed by atoms with van der Waals surface area (Å²) in [6, 6.07) is 13.3. The highest BCUT2D eigenvalue weighted by Gasteiger charge is 2.23. The second-order valence-electron chi connectivity index (χ2n) is 5.68. The molecule has 0 amide bonds. The Morgan fingerprint density at radius 3 is 2.48 bits per heavy atom. The van der Waals surface area contributed by atoms with E-state index in [1.165, 1.54) is 0 Å². The molecule has 0 unspecified atom stereocenters. The van der Waals surface area contributed by atoms with E-state index < -0.39 is 5.97 Å². The van der Waals surface area contributed by atoms with Crippen LogP contribution in [0.3, 0.4) is 0 Å². The van der Waals surface area contributed by atoms with E-state index in [1.54, 1.807) is 20.3 Å². The van der Waals surface area contributed by atoms with Crippen LogP contribution in [-0.2, 0) is 16.0 Å². The number of carbonyl (C=O) groups is 1. The lowest BCUT2D eigenvalue weighted by atomic mass is 10.1. The van der Waals surface area contributed by atoms with Crippen LogP contribution >= 0.6 is 0 Å². The van der Waals surface area contributed by atoms with Gasteiger partial charge in [-0.05, 0) is 54.0 Å². The van der Waals surface area contributed by atoms with E-state index in [0.29, 0.717) is 18.0 Å². The van der Waals surface area contributed by atoms with Crippen LogP contribution in [0, 0.1) is 6.92 Å². The van der Waals surface area contributed by atoms with E-state index in [-0.39, 0.29) is 0 Å². The second kappa shape index (κ2) is 7.21. The molecular weight excluding hydrogens is 318 g/mol. The summed E-state index contributed by atoms with van der Waals surface area (Å²) in [6.07, 6.45) is 2.17. The summed E-state index contributed by atoms with van der Waals surface area (Å²) in [5, 5.41) is 0. The summed E-state index contributed by atoms with van der Waals surface area (Å²) < 4.78 is 15.6. The number of benzene rings is 2. The van der Waals surface area contributed by atoms with Crippen molar-refractivity contribution in [1.29, 1.82) is 0 Å². The molecule has 1 aliphatic heterocycles. The average Bonchev–Trinajstić information content (AvgIpc) is 2.95. The number of cyclic esters (lactones) is 1. The SMILES string of the molecule is COc1ccc(CC2=N/C(=C/c3ccc(OC)c(C)c3)C(=O)O2)cc1. The van der Waals surface area contributed by atoms with E-state index in [2.05, 4.69) is 4.99 Å². The third-order valence-corrected chi connectivity index (χ3v) is 3.90. The van der Waals surface area contributed by atoms with Crippen LogP contribution in [0.2, 0.25) is 0 Å². The van der Waals surface area contributed by atoms with Crippen molar-refractivity contribution in [1.82, 2.24) is 0 Å². The Morgan fingerprint density at radius 2 is 1.84 bits per heavy atom. The summed E-state index contributed by atoms with van der Waals surface area (Å²) in [4.78, 5) is 16.4. The Labute approximate surface area is 146 Å². The third kappa shape index (κ3) is 3.88. The van der Waals surface area contributed by atoms with Crippen molar-refractivity contribution in [2.24, 2.45) is 4.99 Å². The van der Waals surface area contributed by atoms with Gasteiger partial charge in [0, 0.05) is 6.42 Å². The molecule has 1 aliphatic rings. The van der Waals surface area contributed by atoms with Crippen molar-refractivity contribution in [3.63, 3.8) is 0 Å². The molecule has 0 aliphatic carbocycles. The minimum Gasteiger partial charge on any atom is -0.497 e. The molecule has 0 aromatic heterocycles. The number of esters is 1. The first-order valence-corrected chi connectivity index (χ1v) is 7.88. The van der Waals surface area contributed by atoms with Crippen molar-refractivity contribution >= 4 is 17.9 Å². The molecule has 1 heterocycles.